The number of rotatable bonds is 6. The summed E-state index contributed by atoms with van der Waals surface area (Å²) in [4.78, 5) is 4.45. The van der Waals surface area contributed by atoms with Crippen LogP contribution in [0, 0.1) is 5.92 Å². The first kappa shape index (κ1) is 17.3. The molecular weight excluding hydrogens is 341 g/mol. The average molecular weight is 365 g/mol. The van der Waals surface area contributed by atoms with Gasteiger partial charge in [0.2, 0.25) is 0 Å². The number of nitrogens with one attached hydrogen (secondary N) is 2. The summed E-state index contributed by atoms with van der Waals surface area (Å²) >= 11 is 0. The summed E-state index contributed by atoms with van der Waals surface area (Å²) in [6.07, 6.45) is 2.81. The quantitative estimate of drug-likeness (QED) is 0.463. The van der Waals surface area contributed by atoms with Crippen LogP contribution >= 0.6 is 24.0 Å². The molecule has 0 spiro atoms. The number of aliphatic imine (C=N–C) groups is 1. The first-order valence-electron chi connectivity index (χ1n) is 6.27. The molecule has 1 rings (SSSR count). The second-order valence-electron chi connectivity index (χ2n) is 4.38. The second kappa shape index (κ2) is 10.2. The van der Waals surface area contributed by atoms with Gasteiger partial charge in [0, 0.05) is 13.1 Å². The highest BCUT2D eigenvalue weighted by molar-refractivity contribution is 14.0. The zero-order valence-electron chi connectivity index (χ0n) is 11.4. The van der Waals surface area contributed by atoms with Gasteiger partial charge in [-0.3, -0.25) is 0 Å². The van der Waals surface area contributed by atoms with Gasteiger partial charge in [-0.2, -0.15) is 0 Å². The van der Waals surface area contributed by atoms with Crippen LogP contribution in [0.15, 0.2) is 27.8 Å². The van der Waals surface area contributed by atoms with Crippen LogP contribution < -0.4 is 10.6 Å². The van der Waals surface area contributed by atoms with Crippen molar-refractivity contribution in [2.45, 2.75) is 33.7 Å². The Hall–Kier alpha value is -0.720. The van der Waals surface area contributed by atoms with Crippen LogP contribution in [0.5, 0.6) is 0 Å². The van der Waals surface area contributed by atoms with E-state index in [1.165, 1.54) is 0 Å². The fourth-order valence-corrected chi connectivity index (χ4v) is 1.38. The third kappa shape index (κ3) is 7.58. The highest BCUT2D eigenvalue weighted by Crippen LogP contribution is 2.01. The summed E-state index contributed by atoms with van der Waals surface area (Å²) in [5.74, 6) is 2.44. The Labute approximate surface area is 127 Å². The highest BCUT2D eigenvalue weighted by Gasteiger charge is 1.99. The lowest BCUT2D eigenvalue weighted by Crippen LogP contribution is -2.38. The van der Waals surface area contributed by atoms with E-state index in [0.29, 0.717) is 12.5 Å². The van der Waals surface area contributed by atoms with Crippen LogP contribution in [0.3, 0.4) is 0 Å². The maximum atomic E-state index is 5.24. The Morgan fingerprint density at radius 2 is 2.17 bits per heavy atom. The molecule has 0 aromatic carbocycles. The van der Waals surface area contributed by atoms with Crippen LogP contribution in [0.1, 0.15) is 33.0 Å². The first-order valence-corrected chi connectivity index (χ1v) is 6.27. The highest BCUT2D eigenvalue weighted by atomic mass is 127. The molecule has 0 saturated carbocycles. The summed E-state index contributed by atoms with van der Waals surface area (Å²) in [5, 5.41) is 6.53. The van der Waals surface area contributed by atoms with Gasteiger partial charge in [0.1, 0.15) is 12.3 Å². The van der Waals surface area contributed by atoms with E-state index in [-0.39, 0.29) is 24.0 Å². The molecule has 104 valence electrons. The number of hydrogen-bond acceptors (Lipinski definition) is 2. The molecule has 0 aliphatic rings. The minimum Gasteiger partial charge on any atom is -0.467 e. The molecule has 0 amide bonds. The Morgan fingerprint density at radius 1 is 1.39 bits per heavy atom. The smallest absolute Gasteiger partial charge is 0.191 e. The van der Waals surface area contributed by atoms with E-state index in [1.54, 1.807) is 6.26 Å². The van der Waals surface area contributed by atoms with E-state index >= 15 is 0 Å². The molecule has 0 bridgehead atoms. The summed E-state index contributed by atoms with van der Waals surface area (Å²) in [6, 6.07) is 3.81. The van der Waals surface area contributed by atoms with E-state index < -0.39 is 0 Å². The number of guanidine groups is 1. The molecular formula is C13H24IN3O. The molecule has 18 heavy (non-hydrogen) atoms. The average Bonchev–Trinajstić information content (AvgIpc) is 2.78. The number of furan rings is 1. The minimum absolute atomic E-state index is 0. The zero-order valence-corrected chi connectivity index (χ0v) is 13.7. The van der Waals surface area contributed by atoms with Gasteiger partial charge < -0.3 is 15.1 Å². The third-order valence-electron chi connectivity index (χ3n) is 2.33. The number of halogens is 1. The van der Waals surface area contributed by atoms with Crippen LogP contribution in [0.4, 0.5) is 0 Å². The van der Waals surface area contributed by atoms with Crippen molar-refractivity contribution in [1.29, 1.82) is 0 Å². The van der Waals surface area contributed by atoms with Gasteiger partial charge >= 0.3 is 0 Å². The molecule has 0 atom stereocenters. The lowest BCUT2D eigenvalue weighted by Gasteiger charge is -2.11. The van der Waals surface area contributed by atoms with Gasteiger partial charge in [-0.05, 0) is 31.4 Å². The van der Waals surface area contributed by atoms with Gasteiger partial charge in [-0.25, -0.2) is 4.99 Å². The molecule has 0 aliphatic carbocycles. The fourth-order valence-electron chi connectivity index (χ4n) is 1.38. The Balaban J connectivity index is 0.00000289. The van der Waals surface area contributed by atoms with E-state index in [2.05, 4.69) is 36.4 Å². The van der Waals surface area contributed by atoms with E-state index in [4.69, 9.17) is 4.42 Å². The van der Waals surface area contributed by atoms with Crippen LogP contribution in [-0.2, 0) is 6.54 Å². The van der Waals surface area contributed by atoms with E-state index in [1.807, 2.05) is 12.1 Å². The Kier molecular flexibility index (Phi) is 9.82. The second-order valence-corrected chi connectivity index (χ2v) is 4.38. The van der Waals surface area contributed by atoms with Crippen molar-refractivity contribution in [2.24, 2.45) is 10.9 Å². The van der Waals surface area contributed by atoms with Crippen LogP contribution in [0.2, 0.25) is 0 Å². The lowest BCUT2D eigenvalue weighted by atomic mass is 10.1. The van der Waals surface area contributed by atoms with Crippen LogP contribution in [0.25, 0.3) is 0 Å². The Bertz CT molecular complexity index is 323. The van der Waals surface area contributed by atoms with Crippen molar-refractivity contribution in [3.63, 3.8) is 0 Å². The molecule has 0 unspecified atom stereocenters. The van der Waals surface area contributed by atoms with Crippen molar-refractivity contribution < 1.29 is 4.42 Å². The van der Waals surface area contributed by atoms with Gasteiger partial charge in [-0.15, -0.1) is 24.0 Å². The Morgan fingerprint density at radius 3 is 2.72 bits per heavy atom. The molecule has 0 fully saturated rings. The van der Waals surface area contributed by atoms with Gasteiger partial charge in [0.15, 0.2) is 5.96 Å². The number of hydrogen-bond donors (Lipinski definition) is 2. The molecule has 1 heterocycles. The maximum Gasteiger partial charge on any atom is 0.191 e. The molecule has 4 nitrogen and oxygen atoms in total. The van der Waals surface area contributed by atoms with Gasteiger partial charge in [0.05, 0.1) is 6.26 Å². The molecule has 2 N–H and O–H groups in total. The molecule has 0 aliphatic heterocycles. The predicted molar refractivity (Wildman–Crippen MR) is 86.4 cm³/mol. The van der Waals surface area contributed by atoms with Crippen molar-refractivity contribution in [2.75, 3.05) is 13.1 Å². The lowest BCUT2D eigenvalue weighted by molar-refractivity contribution is 0.511. The zero-order chi connectivity index (χ0) is 12.5. The molecule has 0 radical (unpaired) electrons. The minimum atomic E-state index is 0. The van der Waals surface area contributed by atoms with Gasteiger partial charge in [0.25, 0.3) is 0 Å². The fraction of sp³-hybridized carbons (Fsp3) is 0.615. The molecule has 5 heteroatoms. The summed E-state index contributed by atoms with van der Waals surface area (Å²) < 4.78 is 5.24. The largest absolute Gasteiger partial charge is 0.467 e. The molecule has 1 aromatic heterocycles. The molecule has 1 aromatic rings. The first-order chi connectivity index (χ1) is 8.22. The van der Waals surface area contributed by atoms with Gasteiger partial charge in [-0.1, -0.05) is 13.8 Å². The summed E-state index contributed by atoms with van der Waals surface area (Å²) in [6.45, 7) is 8.88. The van der Waals surface area contributed by atoms with E-state index in [9.17, 15) is 0 Å². The summed E-state index contributed by atoms with van der Waals surface area (Å²) in [5.41, 5.74) is 0. The standard InChI is InChI=1S/C13H23N3O.HI/c1-4-14-13(15-8-7-11(2)3)16-10-12-6-5-9-17-12;/h5-6,9,11H,4,7-8,10H2,1-3H3,(H2,14,15,16);1H. The maximum absolute atomic E-state index is 5.24. The number of nitrogens with zero attached hydrogens (tertiary/aromatic N) is 1. The van der Waals surface area contributed by atoms with Crippen LogP contribution in [-0.4, -0.2) is 19.0 Å². The summed E-state index contributed by atoms with van der Waals surface area (Å²) in [7, 11) is 0. The van der Waals surface area contributed by atoms with Crippen molar-refractivity contribution in [3.05, 3.63) is 24.2 Å². The van der Waals surface area contributed by atoms with Crippen molar-refractivity contribution in [1.82, 2.24) is 10.6 Å². The van der Waals surface area contributed by atoms with E-state index in [0.717, 1.165) is 31.2 Å². The van der Waals surface area contributed by atoms with Crippen molar-refractivity contribution in [3.8, 4) is 0 Å². The third-order valence-corrected chi connectivity index (χ3v) is 2.33. The molecule has 0 saturated heterocycles. The SMILES string of the molecule is CCNC(=NCc1ccco1)NCCC(C)C.I. The normalized spacial score (nSPS) is 11.2. The predicted octanol–water partition coefficient (Wildman–Crippen LogP) is 3.00. The monoisotopic (exact) mass is 365 g/mol. The van der Waals surface area contributed by atoms with Crippen molar-refractivity contribution >= 4 is 29.9 Å². The topological polar surface area (TPSA) is 49.6 Å².